The number of thioether (sulfide) groups is 1. The number of fused-ring (bicyclic) bond motifs is 2. The van der Waals surface area contributed by atoms with Crippen molar-refractivity contribution in [3.63, 3.8) is 0 Å². The number of halogens is 1. The van der Waals surface area contributed by atoms with Crippen molar-refractivity contribution in [2.75, 3.05) is 59.9 Å². The van der Waals surface area contributed by atoms with Gasteiger partial charge in [-0.3, -0.25) is 24.3 Å². The SMILES string of the molecule is CCOc1ccc(N2C(=O)CS[C@@]23C(=O)N(CN2CCN(c4ccc(F)cc4)CC2)c2ccccc23)cc1. The molecule has 0 saturated carbocycles. The number of ether oxygens (including phenoxy) is 1. The summed E-state index contributed by atoms with van der Waals surface area (Å²) in [6.07, 6.45) is 0. The number of rotatable bonds is 6. The summed E-state index contributed by atoms with van der Waals surface area (Å²) in [7, 11) is 0. The zero-order chi connectivity index (χ0) is 26.3. The molecule has 2 amide bonds. The molecule has 0 unspecified atom stereocenters. The smallest absolute Gasteiger partial charge is 0.269 e. The lowest BCUT2D eigenvalue weighted by Crippen LogP contribution is -2.54. The molecule has 3 aromatic rings. The van der Waals surface area contributed by atoms with Crippen LogP contribution in [-0.2, 0) is 14.5 Å². The number of amides is 2. The van der Waals surface area contributed by atoms with Gasteiger partial charge in [0.2, 0.25) is 10.8 Å². The van der Waals surface area contributed by atoms with Crippen molar-refractivity contribution in [3.05, 3.63) is 84.2 Å². The van der Waals surface area contributed by atoms with Crippen LogP contribution in [0.1, 0.15) is 12.5 Å². The third-order valence-corrected chi connectivity index (χ3v) is 8.76. The van der Waals surface area contributed by atoms with Crippen molar-refractivity contribution in [1.82, 2.24) is 4.90 Å². The maximum absolute atomic E-state index is 14.3. The van der Waals surface area contributed by atoms with Crippen LogP contribution < -0.4 is 19.4 Å². The Morgan fingerprint density at radius 1 is 0.895 bits per heavy atom. The molecule has 3 heterocycles. The zero-order valence-electron chi connectivity index (χ0n) is 21.2. The van der Waals surface area contributed by atoms with Crippen LogP contribution in [-0.4, -0.2) is 61.9 Å². The second-order valence-corrected chi connectivity index (χ2v) is 10.7. The van der Waals surface area contributed by atoms with Crippen LogP contribution in [0.25, 0.3) is 0 Å². The summed E-state index contributed by atoms with van der Waals surface area (Å²) in [5.41, 5.74) is 3.37. The second-order valence-electron chi connectivity index (χ2n) is 9.56. The first kappa shape index (κ1) is 24.8. The summed E-state index contributed by atoms with van der Waals surface area (Å²) >= 11 is 1.39. The van der Waals surface area contributed by atoms with Gasteiger partial charge in [0.25, 0.3) is 5.91 Å². The average Bonchev–Trinajstić information content (AvgIpc) is 3.41. The lowest BCUT2D eigenvalue weighted by atomic mass is 10.0. The summed E-state index contributed by atoms with van der Waals surface area (Å²) in [6.45, 7) is 6.03. The Balaban J connectivity index is 1.25. The molecule has 196 valence electrons. The number of piperazine rings is 1. The Labute approximate surface area is 225 Å². The summed E-state index contributed by atoms with van der Waals surface area (Å²) in [6, 6.07) is 21.8. The molecule has 38 heavy (non-hydrogen) atoms. The number of hydrogen-bond donors (Lipinski definition) is 0. The van der Waals surface area contributed by atoms with Gasteiger partial charge in [-0.15, -0.1) is 11.8 Å². The van der Waals surface area contributed by atoms with E-state index in [2.05, 4.69) is 9.80 Å². The van der Waals surface area contributed by atoms with Crippen LogP contribution in [0, 0.1) is 5.82 Å². The number of carbonyl (C=O) groups excluding carboxylic acids is 2. The minimum Gasteiger partial charge on any atom is -0.494 e. The van der Waals surface area contributed by atoms with E-state index >= 15 is 0 Å². The predicted octanol–water partition coefficient (Wildman–Crippen LogP) is 4.28. The van der Waals surface area contributed by atoms with Crippen molar-refractivity contribution < 1.29 is 18.7 Å². The lowest BCUT2D eigenvalue weighted by molar-refractivity contribution is -0.124. The molecule has 6 rings (SSSR count). The van der Waals surface area contributed by atoms with E-state index in [1.807, 2.05) is 60.4 Å². The molecule has 0 bridgehead atoms. The van der Waals surface area contributed by atoms with Gasteiger partial charge in [0.15, 0.2) is 0 Å². The van der Waals surface area contributed by atoms with Gasteiger partial charge in [-0.2, -0.15) is 0 Å². The quantitative estimate of drug-likeness (QED) is 0.472. The van der Waals surface area contributed by atoms with Gasteiger partial charge in [-0.1, -0.05) is 18.2 Å². The highest BCUT2D eigenvalue weighted by Gasteiger charge is 2.61. The minimum absolute atomic E-state index is 0.0860. The maximum Gasteiger partial charge on any atom is 0.269 e. The number of benzene rings is 3. The van der Waals surface area contributed by atoms with Crippen molar-refractivity contribution >= 4 is 40.6 Å². The van der Waals surface area contributed by atoms with Crippen LogP contribution in [0.5, 0.6) is 5.75 Å². The average molecular weight is 533 g/mol. The Bertz CT molecular complexity index is 1340. The Morgan fingerprint density at radius 2 is 1.58 bits per heavy atom. The molecule has 3 aliphatic heterocycles. The maximum atomic E-state index is 14.3. The van der Waals surface area contributed by atoms with Gasteiger partial charge in [0, 0.05) is 43.1 Å². The van der Waals surface area contributed by atoms with E-state index in [0.717, 1.165) is 48.9 Å². The van der Waals surface area contributed by atoms with Crippen molar-refractivity contribution in [3.8, 4) is 5.75 Å². The number of hydrogen-bond acceptors (Lipinski definition) is 6. The van der Waals surface area contributed by atoms with E-state index in [-0.39, 0.29) is 23.4 Å². The molecular weight excluding hydrogens is 503 g/mol. The van der Waals surface area contributed by atoms with Gasteiger partial charge >= 0.3 is 0 Å². The van der Waals surface area contributed by atoms with Crippen molar-refractivity contribution in [2.45, 2.75) is 11.8 Å². The van der Waals surface area contributed by atoms with Gasteiger partial charge in [0.1, 0.15) is 11.6 Å². The van der Waals surface area contributed by atoms with Crippen LogP contribution in [0.15, 0.2) is 72.8 Å². The highest BCUT2D eigenvalue weighted by molar-refractivity contribution is 8.02. The first-order valence-corrected chi connectivity index (χ1v) is 13.8. The number of carbonyl (C=O) groups is 2. The summed E-state index contributed by atoms with van der Waals surface area (Å²) < 4.78 is 18.9. The topological polar surface area (TPSA) is 56.3 Å². The largest absolute Gasteiger partial charge is 0.494 e. The number of anilines is 3. The zero-order valence-corrected chi connectivity index (χ0v) is 22.0. The number of para-hydroxylation sites is 1. The molecule has 2 fully saturated rings. The van der Waals surface area contributed by atoms with E-state index in [1.165, 1.54) is 23.9 Å². The van der Waals surface area contributed by atoms with E-state index in [0.29, 0.717) is 19.0 Å². The first-order valence-electron chi connectivity index (χ1n) is 12.9. The monoisotopic (exact) mass is 532 g/mol. The molecule has 0 N–H and O–H groups in total. The third kappa shape index (κ3) is 4.10. The van der Waals surface area contributed by atoms with Gasteiger partial charge in [0.05, 0.1) is 24.7 Å². The molecular formula is C29H29FN4O3S. The fourth-order valence-electron chi connectivity index (χ4n) is 5.55. The van der Waals surface area contributed by atoms with Crippen molar-refractivity contribution in [2.24, 2.45) is 0 Å². The standard InChI is InChI=1S/C29H29FN4O3S/c1-2-37-24-13-11-23(12-14-24)34-27(35)19-38-29(34)25-5-3-4-6-26(25)33(28(29)36)20-31-15-17-32(18-16-31)22-9-7-21(30)8-10-22/h3-14H,2,15-20H2,1H3/t29-/m0/s1. The van der Waals surface area contributed by atoms with Crippen LogP contribution in [0.2, 0.25) is 0 Å². The molecule has 3 aliphatic rings. The Morgan fingerprint density at radius 3 is 2.29 bits per heavy atom. The molecule has 7 nitrogen and oxygen atoms in total. The minimum atomic E-state index is -1.13. The first-order chi connectivity index (χ1) is 18.5. The van der Waals surface area contributed by atoms with E-state index < -0.39 is 4.87 Å². The molecule has 0 radical (unpaired) electrons. The van der Waals surface area contributed by atoms with Crippen LogP contribution >= 0.6 is 11.8 Å². The fraction of sp³-hybridized carbons (Fsp3) is 0.310. The lowest BCUT2D eigenvalue weighted by Gasteiger charge is -2.38. The molecule has 0 aromatic heterocycles. The summed E-state index contributed by atoms with van der Waals surface area (Å²) in [4.78, 5) is 34.4. The van der Waals surface area contributed by atoms with Gasteiger partial charge < -0.3 is 9.64 Å². The molecule has 9 heteroatoms. The third-order valence-electron chi connectivity index (χ3n) is 7.38. The van der Waals surface area contributed by atoms with E-state index in [9.17, 15) is 14.0 Å². The van der Waals surface area contributed by atoms with E-state index in [1.54, 1.807) is 17.0 Å². The van der Waals surface area contributed by atoms with Crippen LogP contribution in [0.3, 0.4) is 0 Å². The fourth-order valence-corrected chi connectivity index (χ4v) is 6.91. The highest BCUT2D eigenvalue weighted by atomic mass is 32.2. The molecule has 2 saturated heterocycles. The highest BCUT2D eigenvalue weighted by Crippen LogP contribution is 2.55. The summed E-state index contributed by atoms with van der Waals surface area (Å²) in [5.74, 6) is 0.540. The molecule has 3 aromatic carbocycles. The molecule has 0 aliphatic carbocycles. The van der Waals surface area contributed by atoms with E-state index in [4.69, 9.17) is 4.74 Å². The predicted molar refractivity (Wildman–Crippen MR) is 148 cm³/mol. The van der Waals surface area contributed by atoms with Gasteiger partial charge in [-0.05, 0) is 61.5 Å². The Kier molecular flexibility index (Phi) is 6.49. The van der Waals surface area contributed by atoms with Gasteiger partial charge in [-0.25, -0.2) is 4.39 Å². The normalized spacial score (nSPS) is 21.5. The van der Waals surface area contributed by atoms with Crippen molar-refractivity contribution in [1.29, 1.82) is 0 Å². The second kappa shape index (κ2) is 9.96. The molecule has 1 spiro atoms. The molecule has 1 atom stereocenters. The number of nitrogens with zero attached hydrogens (tertiary/aromatic N) is 4. The summed E-state index contributed by atoms with van der Waals surface area (Å²) in [5, 5.41) is 0. The Hall–Kier alpha value is -3.56. The van der Waals surface area contributed by atoms with Crippen LogP contribution in [0.4, 0.5) is 21.5 Å².